The summed E-state index contributed by atoms with van der Waals surface area (Å²) in [6.07, 6.45) is -4.51. The molecule has 0 aliphatic heterocycles. The average Bonchev–Trinajstić information content (AvgIpc) is 2.29. The highest BCUT2D eigenvalue weighted by Crippen LogP contribution is 2.20. The van der Waals surface area contributed by atoms with Gasteiger partial charge in [-0.15, -0.1) is 0 Å². The molecule has 2 amide bonds. The number of halogens is 3. The zero-order valence-corrected chi connectivity index (χ0v) is 10.8. The summed E-state index contributed by atoms with van der Waals surface area (Å²) < 4.78 is 35.8. The van der Waals surface area contributed by atoms with E-state index in [2.05, 4.69) is 5.32 Å². The number of nitrogens with one attached hydrogen (secondary N) is 2. The van der Waals surface area contributed by atoms with Gasteiger partial charge in [0.05, 0.1) is 5.56 Å². The lowest BCUT2D eigenvalue weighted by atomic mass is 10.0. The number of benzene rings is 1. The number of urea groups is 1. The average molecular weight is 290 g/mol. The molecule has 0 fully saturated rings. The van der Waals surface area contributed by atoms with Crippen LogP contribution in [0.5, 0.6) is 0 Å². The smallest absolute Gasteiger partial charge is 0.405 e. The van der Waals surface area contributed by atoms with Gasteiger partial charge in [-0.25, -0.2) is 9.59 Å². The molecule has 8 heteroatoms. The minimum absolute atomic E-state index is 0.0175. The minimum atomic E-state index is -4.51. The number of rotatable bonds is 3. The molecule has 1 aromatic rings. The highest BCUT2D eigenvalue weighted by molar-refractivity contribution is 5.94. The van der Waals surface area contributed by atoms with E-state index in [9.17, 15) is 22.8 Å². The van der Waals surface area contributed by atoms with Crippen molar-refractivity contribution < 1.29 is 27.9 Å². The van der Waals surface area contributed by atoms with Gasteiger partial charge < -0.3 is 15.7 Å². The molecule has 0 atom stereocenters. The van der Waals surface area contributed by atoms with Crippen molar-refractivity contribution in [2.45, 2.75) is 20.0 Å². The third-order valence-electron chi connectivity index (χ3n) is 2.61. The number of carbonyl (C=O) groups excluding carboxylic acids is 1. The number of hydrogen-bond acceptors (Lipinski definition) is 2. The van der Waals surface area contributed by atoms with Crippen LogP contribution in [0.2, 0.25) is 0 Å². The number of carbonyl (C=O) groups is 2. The molecule has 0 aliphatic rings. The maximum Gasteiger partial charge on any atom is 0.405 e. The molecule has 0 saturated heterocycles. The quantitative estimate of drug-likeness (QED) is 0.800. The third-order valence-corrected chi connectivity index (χ3v) is 2.61. The van der Waals surface area contributed by atoms with Gasteiger partial charge in [-0.3, -0.25) is 0 Å². The van der Waals surface area contributed by atoms with E-state index in [1.807, 2.05) is 0 Å². The van der Waals surface area contributed by atoms with E-state index in [0.717, 1.165) is 0 Å². The molecule has 20 heavy (non-hydrogen) atoms. The molecule has 5 nitrogen and oxygen atoms in total. The second-order valence-corrected chi connectivity index (χ2v) is 4.19. The first-order valence-corrected chi connectivity index (χ1v) is 5.56. The normalized spacial score (nSPS) is 11.1. The van der Waals surface area contributed by atoms with Crippen molar-refractivity contribution in [3.05, 3.63) is 28.8 Å². The van der Waals surface area contributed by atoms with Gasteiger partial charge in [0.1, 0.15) is 6.54 Å². The number of aryl methyl sites for hydroxylation is 1. The van der Waals surface area contributed by atoms with Crippen molar-refractivity contribution >= 4 is 17.7 Å². The van der Waals surface area contributed by atoms with Crippen molar-refractivity contribution in [2.24, 2.45) is 0 Å². The van der Waals surface area contributed by atoms with Gasteiger partial charge in [-0.2, -0.15) is 13.2 Å². The summed E-state index contributed by atoms with van der Waals surface area (Å²) in [6.45, 7) is 1.78. The first kappa shape index (κ1) is 15.8. The molecule has 0 radical (unpaired) electrons. The van der Waals surface area contributed by atoms with Crippen LogP contribution >= 0.6 is 0 Å². The van der Waals surface area contributed by atoms with Gasteiger partial charge in [-0.1, -0.05) is 0 Å². The zero-order valence-electron chi connectivity index (χ0n) is 10.8. The Bertz CT molecular complexity index is 541. The molecule has 0 aliphatic carbocycles. The Morgan fingerprint density at radius 3 is 2.35 bits per heavy atom. The van der Waals surface area contributed by atoms with Crippen molar-refractivity contribution in [3.8, 4) is 0 Å². The summed E-state index contributed by atoms with van der Waals surface area (Å²) in [5.41, 5.74) is 1.23. The van der Waals surface area contributed by atoms with Gasteiger partial charge in [0.2, 0.25) is 0 Å². The maximum absolute atomic E-state index is 11.9. The van der Waals surface area contributed by atoms with E-state index in [0.29, 0.717) is 11.1 Å². The predicted octanol–water partition coefficient (Wildman–Crippen LogP) is 2.69. The van der Waals surface area contributed by atoms with Crippen LogP contribution in [-0.4, -0.2) is 29.8 Å². The Morgan fingerprint density at radius 1 is 1.25 bits per heavy atom. The number of carboxylic acids is 1. The molecule has 0 spiro atoms. The SMILES string of the molecule is Cc1cc(NC(=O)NCC(F)(F)F)cc(C(=O)O)c1C. The molecule has 0 saturated carbocycles. The van der Waals surface area contributed by atoms with Crippen molar-refractivity contribution in [2.75, 3.05) is 11.9 Å². The van der Waals surface area contributed by atoms with Gasteiger partial charge in [0.25, 0.3) is 0 Å². The Labute approximate surface area is 112 Å². The molecule has 3 N–H and O–H groups in total. The first-order valence-electron chi connectivity index (χ1n) is 5.56. The highest BCUT2D eigenvalue weighted by Gasteiger charge is 2.27. The van der Waals surface area contributed by atoms with Crippen LogP contribution in [-0.2, 0) is 0 Å². The summed E-state index contributed by atoms with van der Waals surface area (Å²) in [4.78, 5) is 22.3. The van der Waals surface area contributed by atoms with Crippen LogP contribution in [0.25, 0.3) is 0 Å². The monoisotopic (exact) mass is 290 g/mol. The van der Waals surface area contributed by atoms with Crippen LogP contribution in [0.3, 0.4) is 0 Å². The number of carboxylic acid groups (broad SMARTS) is 1. The lowest BCUT2D eigenvalue weighted by molar-refractivity contribution is -0.122. The van der Waals surface area contributed by atoms with Crippen LogP contribution < -0.4 is 10.6 Å². The van der Waals surface area contributed by atoms with Crippen LogP contribution in [0.15, 0.2) is 12.1 Å². The maximum atomic E-state index is 11.9. The largest absolute Gasteiger partial charge is 0.478 e. The second kappa shape index (κ2) is 5.81. The van der Waals surface area contributed by atoms with E-state index in [4.69, 9.17) is 5.11 Å². The molecule has 1 rings (SSSR count). The zero-order chi connectivity index (χ0) is 15.5. The number of alkyl halides is 3. The summed E-state index contributed by atoms with van der Waals surface area (Å²) in [7, 11) is 0. The number of aromatic carboxylic acids is 1. The van der Waals surface area contributed by atoms with Gasteiger partial charge >= 0.3 is 18.2 Å². The van der Waals surface area contributed by atoms with Crippen molar-refractivity contribution in [1.82, 2.24) is 5.32 Å². The van der Waals surface area contributed by atoms with E-state index >= 15 is 0 Å². The highest BCUT2D eigenvalue weighted by atomic mass is 19.4. The fraction of sp³-hybridized carbons (Fsp3) is 0.333. The molecule has 0 bridgehead atoms. The number of hydrogen-bond donors (Lipinski definition) is 3. The number of amides is 2. The standard InChI is InChI=1S/C12H13F3N2O3/c1-6-3-8(4-9(7(6)2)10(18)19)17-11(20)16-5-12(13,14)15/h3-4H,5H2,1-2H3,(H,18,19)(H2,16,17,20). The molecule has 1 aromatic carbocycles. The molecule has 0 aromatic heterocycles. The van der Waals surface area contributed by atoms with Crippen LogP contribution in [0, 0.1) is 13.8 Å². The Morgan fingerprint density at radius 2 is 1.85 bits per heavy atom. The van der Waals surface area contributed by atoms with Gasteiger partial charge in [-0.05, 0) is 37.1 Å². The van der Waals surface area contributed by atoms with E-state index in [-0.39, 0.29) is 11.3 Å². The summed E-state index contributed by atoms with van der Waals surface area (Å²) in [5, 5.41) is 12.8. The summed E-state index contributed by atoms with van der Waals surface area (Å²) in [6, 6.07) is 1.62. The molecular formula is C12H13F3N2O3. The molecule has 0 unspecified atom stereocenters. The molecular weight excluding hydrogens is 277 g/mol. The molecule has 110 valence electrons. The van der Waals surface area contributed by atoms with Crippen LogP contribution in [0.4, 0.5) is 23.7 Å². The van der Waals surface area contributed by atoms with E-state index in [1.54, 1.807) is 19.2 Å². The first-order chi connectivity index (χ1) is 9.10. The lowest BCUT2D eigenvalue weighted by Gasteiger charge is -2.12. The third kappa shape index (κ3) is 4.45. The van der Waals surface area contributed by atoms with Crippen LogP contribution in [0.1, 0.15) is 21.5 Å². The van der Waals surface area contributed by atoms with Crippen molar-refractivity contribution in [1.29, 1.82) is 0 Å². The number of anilines is 1. The topological polar surface area (TPSA) is 78.4 Å². The lowest BCUT2D eigenvalue weighted by Crippen LogP contribution is -2.36. The minimum Gasteiger partial charge on any atom is -0.478 e. The molecule has 0 heterocycles. The summed E-state index contributed by atoms with van der Waals surface area (Å²) in [5.74, 6) is -1.18. The Balaban J connectivity index is 2.83. The van der Waals surface area contributed by atoms with E-state index < -0.39 is 24.7 Å². The predicted molar refractivity (Wildman–Crippen MR) is 66.0 cm³/mol. The second-order valence-electron chi connectivity index (χ2n) is 4.19. The Kier molecular flexibility index (Phi) is 4.59. The van der Waals surface area contributed by atoms with Crippen molar-refractivity contribution in [3.63, 3.8) is 0 Å². The van der Waals surface area contributed by atoms with Gasteiger partial charge in [0, 0.05) is 5.69 Å². The van der Waals surface area contributed by atoms with E-state index in [1.165, 1.54) is 12.1 Å². The Hall–Kier alpha value is -2.25. The summed E-state index contributed by atoms with van der Waals surface area (Å²) >= 11 is 0. The fourth-order valence-electron chi connectivity index (χ4n) is 1.51. The van der Waals surface area contributed by atoms with Gasteiger partial charge in [0.15, 0.2) is 0 Å². The fourth-order valence-corrected chi connectivity index (χ4v) is 1.51.